The fourth-order valence-electron chi connectivity index (χ4n) is 2.90. The number of H-pyrrole nitrogens is 1. The molecule has 0 saturated heterocycles. The van der Waals surface area contributed by atoms with Gasteiger partial charge in [-0.05, 0) is 31.9 Å². The molecule has 2 N–H and O–H groups in total. The Morgan fingerprint density at radius 3 is 2.32 bits per heavy atom. The number of rotatable bonds is 7. The number of ether oxygens (including phenoxy) is 2. The van der Waals surface area contributed by atoms with Gasteiger partial charge < -0.3 is 19.8 Å². The minimum absolute atomic E-state index is 0.111. The van der Waals surface area contributed by atoms with E-state index < -0.39 is 23.7 Å². The third-order valence-corrected chi connectivity index (χ3v) is 4.31. The lowest BCUT2D eigenvalue weighted by Gasteiger charge is -2.22. The fraction of sp³-hybridized carbons (Fsp3) is 0.292. The van der Waals surface area contributed by atoms with Crippen molar-refractivity contribution in [1.82, 2.24) is 15.3 Å². The number of benzene rings is 2. The van der Waals surface area contributed by atoms with E-state index in [1.165, 1.54) is 0 Å². The maximum Gasteiger partial charge on any atom is 0.408 e. The van der Waals surface area contributed by atoms with E-state index in [4.69, 9.17) is 9.47 Å². The molecule has 0 spiro atoms. The first-order chi connectivity index (χ1) is 14.8. The van der Waals surface area contributed by atoms with Crippen LogP contribution in [-0.4, -0.2) is 33.7 Å². The minimum Gasteiger partial charge on any atom is -0.459 e. The lowest BCUT2D eigenvalue weighted by atomic mass is 10.2. The van der Waals surface area contributed by atoms with Crippen LogP contribution in [0.3, 0.4) is 0 Å². The van der Waals surface area contributed by atoms with Gasteiger partial charge in [-0.1, -0.05) is 60.7 Å². The third-order valence-electron chi connectivity index (χ3n) is 4.31. The molecule has 0 saturated carbocycles. The van der Waals surface area contributed by atoms with E-state index in [1.807, 2.05) is 60.7 Å². The summed E-state index contributed by atoms with van der Waals surface area (Å²) >= 11 is 0. The lowest BCUT2D eigenvalue weighted by molar-refractivity contribution is -0.147. The normalized spacial score (nSPS) is 12.1. The molecule has 31 heavy (non-hydrogen) atoms. The van der Waals surface area contributed by atoms with Crippen LogP contribution in [0.4, 0.5) is 4.79 Å². The highest BCUT2D eigenvalue weighted by Crippen LogP contribution is 2.17. The van der Waals surface area contributed by atoms with Crippen LogP contribution in [0.15, 0.2) is 66.9 Å². The molecule has 7 heteroatoms. The highest BCUT2D eigenvalue weighted by atomic mass is 16.6. The molecule has 1 heterocycles. The van der Waals surface area contributed by atoms with Crippen molar-refractivity contribution in [1.29, 1.82) is 0 Å². The van der Waals surface area contributed by atoms with Crippen molar-refractivity contribution >= 4 is 12.1 Å². The average molecular weight is 421 g/mol. The van der Waals surface area contributed by atoms with Gasteiger partial charge in [-0.3, -0.25) is 0 Å². The molecule has 0 aliphatic rings. The third kappa shape index (κ3) is 6.99. The Labute approximate surface area is 181 Å². The van der Waals surface area contributed by atoms with E-state index in [0.717, 1.165) is 16.8 Å². The number of carbonyl (C=O) groups is 2. The van der Waals surface area contributed by atoms with E-state index in [9.17, 15) is 9.59 Å². The smallest absolute Gasteiger partial charge is 0.408 e. The standard InChI is InChI=1S/C24H27N3O4/c1-24(2,3)31-23(29)27-19(22(28)30-16-17-10-6-4-7-11-17)14-21-25-15-20(26-21)18-12-8-5-9-13-18/h4-13,15,19H,14,16H2,1-3H3,(H,25,26)(H,27,29)/t19-/m1/s1. The molecule has 1 aromatic heterocycles. The number of amides is 1. The highest BCUT2D eigenvalue weighted by molar-refractivity contribution is 5.81. The zero-order valence-corrected chi connectivity index (χ0v) is 17.9. The molecule has 3 aromatic rings. The summed E-state index contributed by atoms with van der Waals surface area (Å²) in [6.45, 7) is 5.38. The van der Waals surface area contributed by atoms with Gasteiger partial charge in [0.15, 0.2) is 0 Å². The van der Waals surface area contributed by atoms with Crippen molar-refractivity contribution in [3.63, 3.8) is 0 Å². The monoisotopic (exact) mass is 421 g/mol. The average Bonchev–Trinajstić information content (AvgIpc) is 3.20. The quantitative estimate of drug-likeness (QED) is 0.556. The van der Waals surface area contributed by atoms with Gasteiger partial charge in [-0.15, -0.1) is 0 Å². The van der Waals surface area contributed by atoms with Crippen molar-refractivity contribution in [3.05, 3.63) is 78.2 Å². The summed E-state index contributed by atoms with van der Waals surface area (Å²) < 4.78 is 10.7. The van der Waals surface area contributed by atoms with Crippen molar-refractivity contribution in [2.24, 2.45) is 0 Å². The summed E-state index contributed by atoms with van der Waals surface area (Å²) in [5.41, 5.74) is 1.97. The first kappa shape index (κ1) is 22.1. The van der Waals surface area contributed by atoms with Crippen LogP contribution in [0, 0.1) is 0 Å². The molecular weight excluding hydrogens is 394 g/mol. The molecule has 2 aromatic carbocycles. The molecule has 7 nitrogen and oxygen atoms in total. The zero-order valence-electron chi connectivity index (χ0n) is 17.9. The van der Waals surface area contributed by atoms with Gasteiger partial charge in [0.2, 0.25) is 0 Å². The van der Waals surface area contributed by atoms with Crippen LogP contribution in [-0.2, 0) is 27.3 Å². The summed E-state index contributed by atoms with van der Waals surface area (Å²) in [7, 11) is 0. The van der Waals surface area contributed by atoms with Crippen LogP contribution < -0.4 is 5.32 Å². The first-order valence-corrected chi connectivity index (χ1v) is 10.1. The molecule has 0 bridgehead atoms. The molecule has 0 radical (unpaired) electrons. The van der Waals surface area contributed by atoms with Gasteiger partial charge in [0.05, 0.1) is 11.9 Å². The number of nitrogens with zero attached hydrogens (tertiary/aromatic N) is 1. The molecule has 162 valence electrons. The SMILES string of the molecule is CC(C)(C)OC(=O)N[C@H](Cc1ncc(-c2ccccc2)[nH]1)C(=O)OCc1ccccc1. The van der Waals surface area contributed by atoms with Gasteiger partial charge in [-0.2, -0.15) is 0 Å². The van der Waals surface area contributed by atoms with E-state index in [2.05, 4.69) is 15.3 Å². The molecule has 0 fully saturated rings. The summed E-state index contributed by atoms with van der Waals surface area (Å²) in [5.74, 6) is -0.0102. The molecule has 1 amide bonds. The number of hydrogen-bond acceptors (Lipinski definition) is 5. The predicted molar refractivity (Wildman–Crippen MR) is 117 cm³/mol. The summed E-state index contributed by atoms with van der Waals surface area (Å²) in [6.07, 6.45) is 1.15. The fourth-order valence-corrected chi connectivity index (χ4v) is 2.90. The topological polar surface area (TPSA) is 93.3 Å². The molecule has 0 aliphatic heterocycles. The van der Waals surface area contributed by atoms with Gasteiger partial charge in [0.25, 0.3) is 0 Å². The maximum atomic E-state index is 12.8. The van der Waals surface area contributed by atoms with Crippen LogP contribution in [0.1, 0.15) is 32.2 Å². The van der Waals surface area contributed by atoms with E-state index >= 15 is 0 Å². The largest absolute Gasteiger partial charge is 0.459 e. The number of nitrogens with one attached hydrogen (secondary N) is 2. The van der Waals surface area contributed by atoms with Crippen molar-refractivity contribution in [2.45, 2.75) is 45.4 Å². The number of imidazole rings is 1. The minimum atomic E-state index is -0.951. The van der Waals surface area contributed by atoms with E-state index in [-0.39, 0.29) is 13.0 Å². The maximum absolute atomic E-state index is 12.8. The van der Waals surface area contributed by atoms with Crippen molar-refractivity contribution in [2.75, 3.05) is 0 Å². The van der Waals surface area contributed by atoms with Gasteiger partial charge in [0.1, 0.15) is 24.1 Å². The number of esters is 1. The van der Waals surface area contributed by atoms with Gasteiger partial charge >= 0.3 is 12.1 Å². The van der Waals surface area contributed by atoms with Crippen LogP contribution in [0.2, 0.25) is 0 Å². The Morgan fingerprint density at radius 1 is 1.03 bits per heavy atom. The Hall–Kier alpha value is -3.61. The second-order valence-electron chi connectivity index (χ2n) is 8.11. The number of alkyl carbamates (subject to hydrolysis) is 1. The molecule has 0 aliphatic carbocycles. The molecule has 1 atom stereocenters. The molecule has 0 unspecified atom stereocenters. The van der Waals surface area contributed by atoms with E-state index in [1.54, 1.807) is 27.0 Å². The van der Waals surface area contributed by atoms with Crippen molar-refractivity contribution in [3.8, 4) is 11.3 Å². The zero-order chi connectivity index (χ0) is 22.3. The van der Waals surface area contributed by atoms with E-state index in [0.29, 0.717) is 5.82 Å². The highest BCUT2D eigenvalue weighted by Gasteiger charge is 2.27. The summed E-state index contributed by atoms with van der Waals surface area (Å²) in [4.78, 5) is 32.6. The van der Waals surface area contributed by atoms with Crippen LogP contribution >= 0.6 is 0 Å². The number of aromatic amines is 1. The number of hydrogen-bond donors (Lipinski definition) is 2. The van der Waals surface area contributed by atoms with Gasteiger partial charge in [0, 0.05) is 6.42 Å². The van der Waals surface area contributed by atoms with Crippen LogP contribution in [0.5, 0.6) is 0 Å². The summed E-state index contributed by atoms with van der Waals surface area (Å²) in [6, 6.07) is 18.1. The molecular formula is C24H27N3O4. The van der Waals surface area contributed by atoms with Crippen LogP contribution in [0.25, 0.3) is 11.3 Å². The second-order valence-corrected chi connectivity index (χ2v) is 8.11. The first-order valence-electron chi connectivity index (χ1n) is 10.1. The lowest BCUT2D eigenvalue weighted by Crippen LogP contribution is -2.45. The Bertz CT molecular complexity index is 994. The Balaban J connectivity index is 1.71. The second kappa shape index (κ2) is 9.93. The Morgan fingerprint density at radius 2 is 1.68 bits per heavy atom. The Kier molecular flexibility index (Phi) is 7.07. The number of aromatic nitrogens is 2. The summed E-state index contributed by atoms with van der Waals surface area (Å²) in [5, 5.41) is 2.61. The predicted octanol–water partition coefficient (Wildman–Crippen LogP) is 4.26. The van der Waals surface area contributed by atoms with Crippen molar-refractivity contribution < 1.29 is 19.1 Å². The van der Waals surface area contributed by atoms with Gasteiger partial charge in [-0.25, -0.2) is 14.6 Å². The molecule has 3 rings (SSSR count). The number of carbonyl (C=O) groups excluding carboxylic acids is 2.